The van der Waals surface area contributed by atoms with Crippen molar-refractivity contribution in [3.63, 3.8) is 0 Å². The third-order valence-electron chi connectivity index (χ3n) is 4.51. The van der Waals surface area contributed by atoms with Gasteiger partial charge in [0.15, 0.2) is 5.78 Å². The molecule has 1 unspecified atom stereocenters. The van der Waals surface area contributed by atoms with Gasteiger partial charge in [0, 0.05) is 7.05 Å². The Balaban J connectivity index is 2.16. The van der Waals surface area contributed by atoms with Gasteiger partial charge >= 0.3 is 12.4 Å². The second-order valence-corrected chi connectivity index (χ2v) is 6.34. The highest BCUT2D eigenvalue weighted by molar-refractivity contribution is 6.26. The maximum atomic E-state index is 13.1. The Morgan fingerprint density at radius 3 is 1.86 bits per heavy atom. The van der Waals surface area contributed by atoms with Crippen LogP contribution in [-0.4, -0.2) is 17.7 Å². The van der Waals surface area contributed by atoms with Crippen molar-refractivity contribution in [1.82, 2.24) is 4.90 Å². The Bertz CT molecular complexity index is 915. The molecular weight excluding hydrogens is 386 g/mol. The predicted molar refractivity (Wildman–Crippen MR) is 89.5 cm³/mol. The number of hydrogen-bond donors (Lipinski definition) is 1. The van der Waals surface area contributed by atoms with Gasteiger partial charge in [0.25, 0.3) is 0 Å². The Labute approximate surface area is 156 Å². The van der Waals surface area contributed by atoms with E-state index in [2.05, 4.69) is 0 Å². The van der Waals surface area contributed by atoms with Gasteiger partial charge in [-0.15, -0.1) is 0 Å². The van der Waals surface area contributed by atoms with E-state index in [9.17, 15) is 31.1 Å². The minimum atomic E-state index is -5.02. The average molecular weight is 400 g/mol. The molecule has 2 aromatic carbocycles. The maximum absolute atomic E-state index is 13.1. The fraction of sp³-hybridized carbons (Fsp3) is 0.211. The van der Waals surface area contributed by atoms with Crippen LogP contribution in [0.15, 0.2) is 54.4 Å². The van der Waals surface area contributed by atoms with Gasteiger partial charge in [-0.2, -0.15) is 26.3 Å². The van der Waals surface area contributed by atoms with Crippen LogP contribution >= 0.6 is 0 Å². The van der Waals surface area contributed by atoms with E-state index in [-0.39, 0.29) is 17.5 Å². The van der Waals surface area contributed by atoms with Crippen LogP contribution in [0.3, 0.4) is 0 Å². The summed E-state index contributed by atoms with van der Waals surface area (Å²) in [5, 5.41) is 0. The molecule has 1 heterocycles. The van der Waals surface area contributed by atoms with Crippen LogP contribution in [0.2, 0.25) is 0 Å². The molecule has 0 aliphatic carbocycles. The molecule has 3 nitrogen and oxygen atoms in total. The molecule has 0 amide bonds. The zero-order valence-electron chi connectivity index (χ0n) is 14.4. The van der Waals surface area contributed by atoms with E-state index in [1.807, 2.05) is 0 Å². The second kappa shape index (κ2) is 6.57. The standard InChI is InChI=1S/C19H14F6N2O/c1-27-15(10-5-3-2-4-6-10)16(28)14(17(27)26)11-7-12(18(20,21)22)9-13(8-11)19(23,24)25/h2-9,15H,26H2,1H3. The molecule has 0 saturated heterocycles. The summed E-state index contributed by atoms with van der Waals surface area (Å²) in [4.78, 5) is 14.2. The Kier molecular flexibility index (Phi) is 4.64. The van der Waals surface area contributed by atoms with Crippen molar-refractivity contribution in [3.05, 3.63) is 76.6 Å². The normalized spacial score (nSPS) is 18.2. The van der Waals surface area contributed by atoms with E-state index in [4.69, 9.17) is 5.73 Å². The lowest BCUT2D eigenvalue weighted by atomic mass is 9.93. The number of Topliss-reactive ketones (excluding diaryl/α,β-unsaturated/α-hetero) is 1. The van der Waals surface area contributed by atoms with Crippen molar-refractivity contribution in [3.8, 4) is 0 Å². The molecule has 1 aliphatic rings. The third kappa shape index (κ3) is 3.44. The number of benzene rings is 2. The largest absolute Gasteiger partial charge is 0.416 e. The smallest absolute Gasteiger partial charge is 0.385 e. The molecule has 3 rings (SSSR count). The molecule has 1 atom stereocenters. The molecule has 0 fully saturated rings. The van der Waals surface area contributed by atoms with Gasteiger partial charge in [0.05, 0.1) is 16.7 Å². The van der Waals surface area contributed by atoms with Crippen LogP contribution in [-0.2, 0) is 17.1 Å². The first-order chi connectivity index (χ1) is 12.9. The molecule has 0 saturated carbocycles. The number of carbonyl (C=O) groups excluding carboxylic acids is 1. The molecule has 148 valence electrons. The van der Waals surface area contributed by atoms with Gasteiger partial charge in [-0.05, 0) is 29.3 Å². The van der Waals surface area contributed by atoms with E-state index in [1.54, 1.807) is 30.3 Å². The van der Waals surface area contributed by atoms with Crippen LogP contribution in [0.4, 0.5) is 26.3 Å². The summed E-state index contributed by atoms with van der Waals surface area (Å²) in [7, 11) is 1.45. The van der Waals surface area contributed by atoms with Crippen molar-refractivity contribution in [2.24, 2.45) is 5.73 Å². The number of carbonyl (C=O) groups is 1. The Hall–Kier alpha value is -2.97. The van der Waals surface area contributed by atoms with Gasteiger partial charge in [-0.25, -0.2) is 0 Å². The fourth-order valence-electron chi connectivity index (χ4n) is 3.15. The van der Waals surface area contributed by atoms with Crippen molar-refractivity contribution in [2.75, 3.05) is 7.05 Å². The average Bonchev–Trinajstić information content (AvgIpc) is 2.83. The number of nitrogens with zero attached hydrogens (tertiary/aromatic N) is 1. The number of ketones is 1. The van der Waals surface area contributed by atoms with Crippen LogP contribution < -0.4 is 5.73 Å². The van der Waals surface area contributed by atoms with Crippen molar-refractivity contribution < 1.29 is 31.1 Å². The molecule has 0 aromatic heterocycles. The quantitative estimate of drug-likeness (QED) is 0.750. The van der Waals surface area contributed by atoms with Gasteiger partial charge < -0.3 is 10.6 Å². The van der Waals surface area contributed by atoms with E-state index in [0.717, 1.165) is 0 Å². The lowest BCUT2D eigenvalue weighted by Gasteiger charge is -2.21. The predicted octanol–water partition coefficient (Wildman–Crippen LogP) is 4.61. The van der Waals surface area contributed by atoms with Crippen LogP contribution in [0.25, 0.3) is 5.57 Å². The first-order valence-corrected chi connectivity index (χ1v) is 8.03. The van der Waals surface area contributed by atoms with Crippen LogP contribution in [0.1, 0.15) is 28.3 Å². The lowest BCUT2D eigenvalue weighted by molar-refractivity contribution is -0.143. The molecule has 28 heavy (non-hydrogen) atoms. The number of halogens is 6. The lowest BCUT2D eigenvalue weighted by Crippen LogP contribution is -2.25. The minimum Gasteiger partial charge on any atom is -0.385 e. The number of rotatable bonds is 2. The van der Waals surface area contributed by atoms with Gasteiger partial charge in [-0.3, -0.25) is 4.79 Å². The highest BCUT2D eigenvalue weighted by Gasteiger charge is 2.41. The number of nitrogens with two attached hydrogens (primary N) is 1. The molecule has 2 aromatic rings. The molecule has 1 aliphatic heterocycles. The van der Waals surface area contributed by atoms with E-state index in [0.29, 0.717) is 17.7 Å². The zero-order chi connectivity index (χ0) is 20.9. The summed E-state index contributed by atoms with van der Waals surface area (Å²) in [6.07, 6.45) is -10.0. The summed E-state index contributed by atoms with van der Waals surface area (Å²) in [5.74, 6) is -0.857. The topological polar surface area (TPSA) is 46.3 Å². The Morgan fingerprint density at radius 2 is 1.39 bits per heavy atom. The molecular formula is C19H14F6N2O. The molecule has 9 heteroatoms. The van der Waals surface area contributed by atoms with Crippen molar-refractivity contribution >= 4 is 11.4 Å². The zero-order valence-corrected chi connectivity index (χ0v) is 14.4. The molecule has 0 radical (unpaired) electrons. The molecule has 2 N–H and O–H groups in total. The summed E-state index contributed by atoms with van der Waals surface area (Å²) in [6.45, 7) is 0. The maximum Gasteiger partial charge on any atom is 0.416 e. The minimum absolute atomic E-state index is 0.0120. The highest BCUT2D eigenvalue weighted by atomic mass is 19.4. The van der Waals surface area contributed by atoms with E-state index in [1.165, 1.54) is 11.9 Å². The van der Waals surface area contributed by atoms with Gasteiger partial charge in [-0.1, -0.05) is 30.3 Å². The molecule has 0 bridgehead atoms. The summed E-state index contributed by atoms with van der Waals surface area (Å²) >= 11 is 0. The first kappa shape index (κ1) is 19.8. The second-order valence-electron chi connectivity index (χ2n) is 6.34. The Morgan fingerprint density at radius 1 is 0.893 bits per heavy atom. The van der Waals surface area contributed by atoms with Crippen LogP contribution in [0, 0.1) is 0 Å². The van der Waals surface area contributed by atoms with Gasteiger partial charge in [0.1, 0.15) is 11.9 Å². The van der Waals surface area contributed by atoms with Gasteiger partial charge in [0.2, 0.25) is 0 Å². The SMILES string of the molecule is CN1C(N)=C(c2cc(C(F)(F)F)cc(C(F)(F)F)c2)C(=O)C1c1ccccc1. The van der Waals surface area contributed by atoms with E-state index < -0.39 is 40.9 Å². The summed E-state index contributed by atoms with van der Waals surface area (Å²) < 4.78 is 78.8. The van der Waals surface area contributed by atoms with Crippen LogP contribution in [0.5, 0.6) is 0 Å². The molecule has 0 spiro atoms. The number of alkyl halides is 6. The number of hydrogen-bond acceptors (Lipinski definition) is 3. The summed E-state index contributed by atoms with van der Waals surface area (Å²) in [6, 6.07) is 8.40. The number of likely N-dealkylation sites (N-methyl/N-ethyl adjacent to an activating group) is 1. The highest BCUT2D eigenvalue weighted by Crippen LogP contribution is 2.42. The third-order valence-corrected chi connectivity index (χ3v) is 4.51. The van der Waals surface area contributed by atoms with Crippen molar-refractivity contribution in [1.29, 1.82) is 0 Å². The van der Waals surface area contributed by atoms with Crippen molar-refractivity contribution in [2.45, 2.75) is 18.4 Å². The van der Waals surface area contributed by atoms with E-state index >= 15 is 0 Å². The summed E-state index contributed by atoms with van der Waals surface area (Å²) in [5.41, 5.74) is 2.54. The fourth-order valence-corrected chi connectivity index (χ4v) is 3.15. The monoisotopic (exact) mass is 400 g/mol. The first-order valence-electron chi connectivity index (χ1n) is 8.03.